The van der Waals surface area contributed by atoms with Crippen LogP contribution in [0.2, 0.25) is 0 Å². The van der Waals surface area contributed by atoms with Gasteiger partial charge >= 0.3 is 0 Å². The fourth-order valence-electron chi connectivity index (χ4n) is 8.64. The van der Waals surface area contributed by atoms with E-state index in [1.54, 1.807) is 0 Å². The molecule has 0 amide bonds. The fourth-order valence-corrected chi connectivity index (χ4v) is 8.64. The van der Waals surface area contributed by atoms with Gasteiger partial charge in [-0.05, 0) is 85.5 Å². The zero-order valence-electron chi connectivity index (χ0n) is 15.6. The Labute approximate surface area is 157 Å². The van der Waals surface area contributed by atoms with Crippen molar-refractivity contribution < 1.29 is 0 Å². The van der Waals surface area contributed by atoms with Crippen LogP contribution < -0.4 is 5.73 Å². The van der Waals surface area contributed by atoms with Crippen molar-refractivity contribution in [2.24, 2.45) is 58.5 Å². The zero-order chi connectivity index (χ0) is 17.5. The summed E-state index contributed by atoms with van der Waals surface area (Å²) in [6.07, 6.45) is 24.2. The largest absolute Gasteiger partial charge is 0.325 e. The zero-order valence-corrected chi connectivity index (χ0v) is 15.6. The lowest BCUT2D eigenvalue weighted by molar-refractivity contribution is 0.0132. The Bertz CT molecular complexity index is 815. The van der Waals surface area contributed by atoms with Crippen LogP contribution in [0.15, 0.2) is 48.6 Å². The highest BCUT2D eigenvalue weighted by atomic mass is 14.9. The molecule has 134 valence electrons. The molecular formula is C25H29N. The molecule has 6 aliphatic carbocycles. The predicted molar refractivity (Wildman–Crippen MR) is 106 cm³/mol. The third-order valence-corrected chi connectivity index (χ3v) is 9.06. The van der Waals surface area contributed by atoms with Crippen molar-refractivity contribution in [1.29, 1.82) is 0 Å². The molecule has 6 rings (SSSR count). The van der Waals surface area contributed by atoms with Crippen LogP contribution in [0.25, 0.3) is 0 Å². The van der Waals surface area contributed by atoms with Crippen molar-refractivity contribution in [2.75, 3.05) is 0 Å². The first kappa shape index (κ1) is 15.5. The average molecular weight is 344 g/mol. The summed E-state index contributed by atoms with van der Waals surface area (Å²) in [7, 11) is 0. The van der Waals surface area contributed by atoms with Gasteiger partial charge in [0.15, 0.2) is 0 Å². The van der Waals surface area contributed by atoms with E-state index in [1.807, 2.05) is 0 Å². The molecule has 0 aromatic rings. The van der Waals surface area contributed by atoms with E-state index in [9.17, 15) is 0 Å². The molecule has 6 aliphatic rings. The van der Waals surface area contributed by atoms with Gasteiger partial charge in [0.05, 0.1) is 0 Å². The number of hydrogen-bond donors (Lipinski definition) is 1. The molecule has 0 aliphatic heterocycles. The monoisotopic (exact) mass is 343 g/mol. The van der Waals surface area contributed by atoms with Crippen LogP contribution in [0.1, 0.15) is 32.6 Å². The van der Waals surface area contributed by atoms with E-state index in [4.69, 9.17) is 5.73 Å². The van der Waals surface area contributed by atoms with Crippen LogP contribution in [0.4, 0.5) is 0 Å². The number of fused-ring (bicyclic) bond motifs is 10. The maximum atomic E-state index is 7.08. The second kappa shape index (κ2) is 5.05. The van der Waals surface area contributed by atoms with Gasteiger partial charge in [0.1, 0.15) is 0 Å². The van der Waals surface area contributed by atoms with Crippen LogP contribution in [-0.2, 0) is 0 Å². The van der Waals surface area contributed by atoms with Gasteiger partial charge in [-0.25, -0.2) is 0 Å². The second-order valence-electron chi connectivity index (χ2n) is 9.95. The summed E-state index contributed by atoms with van der Waals surface area (Å²) in [5.74, 6) is 12.3. The van der Waals surface area contributed by atoms with E-state index in [2.05, 4.69) is 67.4 Å². The minimum absolute atomic E-state index is 0.0485. The summed E-state index contributed by atoms with van der Waals surface area (Å²) in [5, 5.41) is 0. The molecule has 0 saturated heterocycles. The van der Waals surface area contributed by atoms with Crippen LogP contribution in [-0.4, -0.2) is 5.54 Å². The van der Waals surface area contributed by atoms with Gasteiger partial charge in [0.25, 0.3) is 0 Å². The van der Waals surface area contributed by atoms with Gasteiger partial charge in [-0.3, -0.25) is 0 Å². The van der Waals surface area contributed by atoms with E-state index in [-0.39, 0.29) is 11.0 Å². The molecule has 10 atom stereocenters. The van der Waals surface area contributed by atoms with Crippen molar-refractivity contribution in [3.05, 3.63) is 48.6 Å². The van der Waals surface area contributed by atoms with Gasteiger partial charge in [-0.2, -0.15) is 0 Å². The molecule has 2 N–H and O–H groups in total. The Morgan fingerprint density at radius 2 is 1.88 bits per heavy atom. The van der Waals surface area contributed by atoms with Crippen LogP contribution in [0, 0.1) is 64.6 Å². The highest BCUT2D eigenvalue weighted by molar-refractivity contribution is 5.40. The third kappa shape index (κ3) is 1.64. The SMILES string of the molecule is CC1(N)CCC2C3C=CC#CC3C3(C4C=CC=CC4C4C=CCCC43)C21. The highest BCUT2D eigenvalue weighted by Crippen LogP contribution is 2.76. The molecule has 3 saturated carbocycles. The minimum Gasteiger partial charge on any atom is -0.325 e. The molecule has 0 bridgehead atoms. The summed E-state index contributed by atoms with van der Waals surface area (Å²) in [6, 6.07) is 0. The number of rotatable bonds is 0. The molecule has 0 aromatic heterocycles. The number of hydrogen-bond acceptors (Lipinski definition) is 1. The molecule has 3 fully saturated rings. The van der Waals surface area contributed by atoms with Crippen LogP contribution in [0.3, 0.4) is 0 Å². The lowest BCUT2D eigenvalue weighted by Crippen LogP contribution is -2.54. The lowest BCUT2D eigenvalue weighted by atomic mass is 9.54. The van der Waals surface area contributed by atoms with Gasteiger partial charge in [0, 0.05) is 11.5 Å². The van der Waals surface area contributed by atoms with Gasteiger partial charge in [-0.15, -0.1) is 0 Å². The number of nitrogens with two attached hydrogens (primary N) is 1. The van der Waals surface area contributed by atoms with E-state index in [0.717, 1.165) is 11.8 Å². The van der Waals surface area contributed by atoms with Gasteiger partial charge in [0.2, 0.25) is 0 Å². The van der Waals surface area contributed by atoms with E-state index in [0.29, 0.717) is 35.5 Å². The summed E-state index contributed by atoms with van der Waals surface area (Å²) >= 11 is 0. The normalized spacial score (nSPS) is 57.5. The maximum absolute atomic E-state index is 7.08. The molecule has 0 heterocycles. The van der Waals surface area contributed by atoms with Gasteiger partial charge in [-0.1, -0.05) is 54.4 Å². The van der Waals surface area contributed by atoms with Crippen LogP contribution in [0.5, 0.6) is 0 Å². The van der Waals surface area contributed by atoms with E-state index >= 15 is 0 Å². The number of allylic oxidation sites excluding steroid dienone is 8. The molecule has 0 aromatic carbocycles. The molecule has 0 radical (unpaired) electrons. The third-order valence-electron chi connectivity index (χ3n) is 9.06. The van der Waals surface area contributed by atoms with Crippen LogP contribution >= 0.6 is 0 Å². The highest BCUT2D eigenvalue weighted by Gasteiger charge is 2.74. The molecular weight excluding hydrogens is 314 g/mol. The molecule has 10 unspecified atom stereocenters. The predicted octanol–water partition coefficient (Wildman–Crippen LogP) is 4.49. The molecule has 1 spiro atoms. The summed E-state index contributed by atoms with van der Waals surface area (Å²) < 4.78 is 0. The lowest BCUT2D eigenvalue weighted by Gasteiger charge is -2.50. The first-order valence-electron chi connectivity index (χ1n) is 10.6. The van der Waals surface area contributed by atoms with Crippen molar-refractivity contribution in [1.82, 2.24) is 0 Å². The second-order valence-corrected chi connectivity index (χ2v) is 9.95. The molecule has 1 nitrogen and oxygen atoms in total. The van der Waals surface area contributed by atoms with Crippen molar-refractivity contribution in [3.63, 3.8) is 0 Å². The fraction of sp³-hybridized carbons (Fsp3) is 0.600. The Balaban J connectivity index is 1.62. The van der Waals surface area contributed by atoms with Crippen molar-refractivity contribution in [3.8, 4) is 11.8 Å². The standard InChI is InChI=1S/C25H29N/c1-24(26)15-14-19-18-10-4-7-13-22(18)25(23(19)24)20-11-5-2-8-16(20)17-9-3-6-12-21(17)25/h2-5,8-11,16-23H,6,12,14-15,26H2,1H3. The molecule has 26 heavy (non-hydrogen) atoms. The minimum atomic E-state index is -0.0485. The first-order chi connectivity index (χ1) is 12.7. The quantitative estimate of drug-likeness (QED) is 0.509. The Morgan fingerprint density at radius 1 is 1.00 bits per heavy atom. The van der Waals surface area contributed by atoms with Gasteiger partial charge < -0.3 is 5.73 Å². The summed E-state index contributed by atoms with van der Waals surface area (Å²) in [6.45, 7) is 2.36. The molecule has 1 heteroatoms. The Morgan fingerprint density at radius 3 is 2.81 bits per heavy atom. The van der Waals surface area contributed by atoms with E-state index < -0.39 is 0 Å². The topological polar surface area (TPSA) is 26.0 Å². The van der Waals surface area contributed by atoms with E-state index in [1.165, 1.54) is 25.7 Å². The van der Waals surface area contributed by atoms with Crippen molar-refractivity contribution in [2.45, 2.75) is 38.1 Å². The Hall–Kier alpha value is -1.52. The van der Waals surface area contributed by atoms with Crippen molar-refractivity contribution >= 4 is 0 Å². The summed E-state index contributed by atoms with van der Waals surface area (Å²) in [4.78, 5) is 0. The maximum Gasteiger partial charge on any atom is 0.0340 e. The average Bonchev–Trinajstić information content (AvgIpc) is 3.26. The first-order valence-corrected chi connectivity index (χ1v) is 10.6. The smallest absolute Gasteiger partial charge is 0.0340 e. The summed E-state index contributed by atoms with van der Waals surface area (Å²) in [5.41, 5.74) is 7.29. The Kier molecular flexibility index (Phi) is 3.02.